The van der Waals surface area contributed by atoms with Crippen molar-refractivity contribution < 1.29 is 18.0 Å². The quantitative estimate of drug-likeness (QED) is 0.286. The summed E-state index contributed by atoms with van der Waals surface area (Å²) in [6.07, 6.45) is 2.32. The summed E-state index contributed by atoms with van der Waals surface area (Å²) in [6, 6.07) is 15.3. The Morgan fingerprint density at radius 2 is 1.66 bits per heavy atom. The van der Waals surface area contributed by atoms with E-state index in [4.69, 9.17) is 11.6 Å². The molecule has 1 fully saturated rings. The second-order valence-corrected chi connectivity index (χ2v) is 9.26. The van der Waals surface area contributed by atoms with Crippen molar-refractivity contribution in [2.45, 2.75) is 6.42 Å². The third-order valence-electron chi connectivity index (χ3n) is 5.80. The van der Waals surface area contributed by atoms with E-state index in [9.17, 15) is 18.0 Å². The number of piperazine rings is 1. The molecule has 3 aromatic rings. The fourth-order valence-corrected chi connectivity index (χ4v) is 4.79. The Morgan fingerprint density at radius 3 is 2.34 bits per heavy atom. The Morgan fingerprint density at radius 1 is 0.971 bits per heavy atom. The molecule has 1 aromatic heterocycles. The van der Waals surface area contributed by atoms with Crippen molar-refractivity contribution in [3.05, 3.63) is 66.4 Å². The first-order valence-corrected chi connectivity index (χ1v) is 12.9. The molecule has 9 nitrogen and oxygen atoms in total. The van der Waals surface area contributed by atoms with Crippen molar-refractivity contribution in [2.24, 2.45) is 0 Å². The van der Waals surface area contributed by atoms with Crippen molar-refractivity contribution in [1.29, 1.82) is 0 Å². The number of urea groups is 1. The first kappa shape index (κ1) is 24.7. The lowest BCUT2D eigenvalue weighted by atomic mass is 10.1. The summed E-state index contributed by atoms with van der Waals surface area (Å²) in [5, 5.41) is 3.64. The number of carbonyl (C=O) groups is 2. The molecule has 0 spiro atoms. The van der Waals surface area contributed by atoms with Gasteiger partial charge in [0.2, 0.25) is 10.9 Å². The highest BCUT2D eigenvalue weighted by Gasteiger charge is 2.25. The Bertz CT molecular complexity index is 1260. The van der Waals surface area contributed by atoms with Gasteiger partial charge in [0.25, 0.3) is 5.91 Å². The van der Waals surface area contributed by atoms with Gasteiger partial charge >= 0.3 is 6.03 Å². The average molecular weight is 516 g/mol. The molecule has 4 rings (SSSR count). The van der Waals surface area contributed by atoms with Gasteiger partial charge in [-0.3, -0.25) is 9.78 Å². The van der Waals surface area contributed by atoms with Crippen LogP contribution in [0.5, 0.6) is 0 Å². The zero-order valence-corrected chi connectivity index (χ0v) is 20.6. The maximum absolute atomic E-state index is 13.0. The highest BCUT2D eigenvalue weighted by molar-refractivity contribution is 7.74. The van der Waals surface area contributed by atoms with E-state index in [2.05, 4.69) is 10.3 Å². The van der Waals surface area contributed by atoms with Crippen LogP contribution in [-0.2, 0) is 10.9 Å². The average Bonchev–Trinajstić information content (AvgIpc) is 2.89. The first-order chi connectivity index (χ1) is 17.0. The number of rotatable bonds is 7. The molecule has 2 aromatic carbocycles. The van der Waals surface area contributed by atoms with Gasteiger partial charge in [-0.05, 0) is 42.8 Å². The molecule has 2 heterocycles. The summed E-state index contributed by atoms with van der Waals surface area (Å²) in [5.74, 6) is 0.326. The van der Waals surface area contributed by atoms with Crippen LogP contribution in [-0.4, -0.2) is 73.7 Å². The number of pyridine rings is 1. The van der Waals surface area contributed by atoms with Crippen LogP contribution in [0.4, 0.5) is 16.2 Å². The molecule has 0 atom stereocenters. The number of aromatic nitrogens is 1. The smallest absolute Gasteiger partial charge is 0.317 e. The number of anilines is 2. The molecule has 0 radical (unpaired) electrons. The minimum absolute atomic E-state index is 0.152. The Labute approximate surface area is 210 Å². The normalized spacial score (nSPS) is 13.8. The number of hydrogen-bond acceptors (Lipinski definition) is 5. The number of para-hydroxylation sites is 1. The minimum atomic E-state index is -3.00. The highest BCUT2D eigenvalue weighted by Crippen LogP contribution is 2.31. The number of nitrogens with zero attached hydrogens (tertiary/aromatic N) is 4. The van der Waals surface area contributed by atoms with E-state index >= 15 is 0 Å². The fraction of sp³-hybridized carbons (Fsp3) is 0.292. The molecule has 1 aliphatic rings. The number of amides is 3. The Hall–Kier alpha value is -3.37. The van der Waals surface area contributed by atoms with Crippen LogP contribution in [0, 0.1) is 0 Å². The molecule has 0 bridgehead atoms. The van der Waals surface area contributed by atoms with Crippen molar-refractivity contribution in [2.75, 3.05) is 42.9 Å². The summed E-state index contributed by atoms with van der Waals surface area (Å²) in [7, 11) is -3.00. The van der Waals surface area contributed by atoms with Gasteiger partial charge in [-0.1, -0.05) is 18.2 Å². The second kappa shape index (κ2) is 11.4. The molecule has 3 amide bonds. The van der Waals surface area contributed by atoms with Gasteiger partial charge in [0.1, 0.15) is 0 Å². The molecule has 0 unspecified atom stereocenters. The van der Waals surface area contributed by atoms with Crippen molar-refractivity contribution >= 4 is 56.7 Å². The number of halogens is 1. The van der Waals surface area contributed by atoms with Gasteiger partial charge in [0, 0.05) is 55.8 Å². The number of carbonyl (C=O) groups excluding carboxylic acids is 2. The van der Waals surface area contributed by atoms with Crippen LogP contribution in [0.25, 0.3) is 10.9 Å². The molecule has 1 saturated heterocycles. The number of nitrogens with one attached hydrogen (secondary N) is 1. The largest absolute Gasteiger partial charge is 0.338 e. The van der Waals surface area contributed by atoms with Crippen LogP contribution >= 0.6 is 11.6 Å². The van der Waals surface area contributed by atoms with Crippen molar-refractivity contribution in [3.63, 3.8) is 0 Å². The van der Waals surface area contributed by atoms with E-state index < -0.39 is 10.9 Å². The molecule has 1 N–H and O–H groups in total. The summed E-state index contributed by atoms with van der Waals surface area (Å²) < 4.78 is 25.6. The predicted molar refractivity (Wildman–Crippen MR) is 137 cm³/mol. The van der Waals surface area contributed by atoms with Gasteiger partial charge in [-0.25, -0.2) is 17.5 Å². The topological polar surface area (TPSA) is 103 Å². The lowest BCUT2D eigenvalue weighted by Crippen LogP contribution is -2.53. The van der Waals surface area contributed by atoms with Gasteiger partial charge in [-0.2, -0.15) is 0 Å². The number of hydrogen-bond donors (Lipinski definition) is 2. The lowest BCUT2D eigenvalue weighted by molar-refractivity contribution is 0.0665. The zero-order valence-electron chi connectivity index (χ0n) is 19.0. The minimum Gasteiger partial charge on any atom is -0.338 e. The molecule has 0 saturated carbocycles. The molecule has 1 aliphatic heterocycles. The number of alkyl halides is 1. The first-order valence-electron chi connectivity index (χ1n) is 11.3. The zero-order chi connectivity index (χ0) is 24.8. The maximum atomic E-state index is 13.0. The monoisotopic (exact) mass is 515 g/mol. The maximum Gasteiger partial charge on any atom is 0.317 e. The SMILES string of the molecule is O=C(NCCCCl)N1CCN(C(=O)c2ccc(N(c3cccc4cccnc34)[SH](=O)=O)cc2)CC1. The van der Waals surface area contributed by atoms with E-state index in [-0.39, 0.29) is 11.9 Å². The van der Waals surface area contributed by atoms with Crippen molar-refractivity contribution in [1.82, 2.24) is 20.1 Å². The van der Waals surface area contributed by atoms with Crippen LogP contribution in [0.1, 0.15) is 16.8 Å². The number of benzene rings is 2. The second-order valence-electron chi connectivity index (χ2n) is 8.00. The summed E-state index contributed by atoms with van der Waals surface area (Å²) in [6.45, 7) is 2.24. The van der Waals surface area contributed by atoms with E-state index in [1.54, 1.807) is 58.5 Å². The lowest BCUT2D eigenvalue weighted by Gasteiger charge is -2.34. The molecular weight excluding hydrogens is 490 g/mol. The summed E-state index contributed by atoms with van der Waals surface area (Å²) in [4.78, 5) is 32.9. The van der Waals surface area contributed by atoms with Gasteiger partial charge in [-0.15, -0.1) is 11.6 Å². The number of thiol groups is 1. The fourth-order valence-electron chi connectivity index (χ4n) is 3.99. The highest BCUT2D eigenvalue weighted by atomic mass is 35.5. The van der Waals surface area contributed by atoms with Gasteiger partial charge in [0.05, 0.1) is 16.9 Å². The molecule has 184 valence electrons. The van der Waals surface area contributed by atoms with Crippen LogP contribution in [0.15, 0.2) is 60.8 Å². The number of fused-ring (bicyclic) bond motifs is 1. The Balaban J connectivity index is 1.45. The van der Waals surface area contributed by atoms with E-state index in [0.29, 0.717) is 67.5 Å². The summed E-state index contributed by atoms with van der Waals surface area (Å²) >= 11 is 5.64. The van der Waals surface area contributed by atoms with Crippen LogP contribution in [0.2, 0.25) is 0 Å². The van der Waals surface area contributed by atoms with Crippen LogP contribution in [0.3, 0.4) is 0 Å². The van der Waals surface area contributed by atoms with E-state index in [1.165, 1.54) is 4.31 Å². The van der Waals surface area contributed by atoms with Gasteiger partial charge < -0.3 is 15.1 Å². The van der Waals surface area contributed by atoms with E-state index in [1.807, 2.05) is 12.1 Å². The third-order valence-corrected chi connectivity index (χ3v) is 6.84. The molecular formula is C24H26ClN5O4S. The van der Waals surface area contributed by atoms with E-state index in [0.717, 1.165) is 5.39 Å². The predicted octanol–water partition coefficient (Wildman–Crippen LogP) is 3.00. The van der Waals surface area contributed by atoms with Gasteiger partial charge in [0.15, 0.2) is 0 Å². The molecule has 11 heteroatoms. The Kier molecular flexibility index (Phi) is 8.04. The van der Waals surface area contributed by atoms with Crippen molar-refractivity contribution in [3.8, 4) is 0 Å². The van der Waals surface area contributed by atoms with Crippen LogP contribution < -0.4 is 9.62 Å². The molecule has 0 aliphatic carbocycles. The summed E-state index contributed by atoms with van der Waals surface area (Å²) in [5.41, 5.74) is 1.87. The standard InChI is InChI=1S/C24H26ClN5O4S/c25-11-3-13-27-24(32)29-16-14-28(15-17-29)23(31)19-7-9-20(10-8-19)30(35(33)34)21-6-1-4-18-5-2-12-26-22(18)21/h1-2,4-10,12,35H,3,11,13-17H2,(H,27,32). The third kappa shape index (κ3) is 5.66. The molecule has 35 heavy (non-hydrogen) atoms.